The molecule has 0 spiro atoms. The number of hydrogen-bond acceptors (Lipinski definition) is 3. The van der Waals surface area contributed by atoms with Crippen LogP contribution in [0, 0.1) is 0 Å². The highest BCUT2D eigenvalue weighted by Gasteiger charge is 2.17. The van der Waals surface area contributed by atoms with E-state index in [4.69, 9.17) is 33.0 Å². The zero-order valence-corrected chi connectivity index (χ0v) is 13.2. The number of ether oxygens (including phenoxy) is 1. The summed E-state index contributed by atoms with van der Waals surface area (Å²) in [5.41, 5.74) is -0.0480. The van der Waals surface area contributed by atoms with Gasteiger partial charge in [-0.05, 0) is 34.1 Å². The molecule has 0 atom stereocenters. The maximum Gasteiger partial charge on any atom is 0.339 e. The second-order valence-corrected chi connectivity index (χ2v) is 6.34. The van der Waals surface area contributed by atoms with Crippen LogP contribution >= 0.6 is 50.5 Å². The molecule has 0 bridgehead atoms. The Morgan fingerprint density at radius 3 is 2.68 bits per heavy atom. The molecule has 0 saturated carbocycles. The fourth-order valence-electron chi connectivity index (χ4n) is 1.44. The Morgan fingerprint density at radius 1 is 1.37 bits per heavy atom. The number of carbonyl (C=O) groups is 1. The number of hydrogen-bond donors (Lipinski definition) is 1. The van der Waals surface area contributed by atoms with Gasteiger partial charge < -0.3 is 9.84 Å². The summed E-state index contributed by atoms with van der Waals surface area (Å²) in [4.78, 5) is 12.1. The first kappa shape index (κ1) is 14.7. The summed E-state index contributed by atoms with van der Waals surface area (Å²) < 4.78 is 6.46. The third-order valence-electron chi connectivity index (χ3n) is 2.22. The van der Waals surface area contributed by atoms with Crippen LogP contribution in [0.15, 0.2) is 28.1 Å². The van der Waals surface area contributed by atoms with Crippen LogP contribution in [0.1, 0.15) is 15.2 Å². The molecule has 0 aliphatic carbocycles. The molecular weight excluding hydrogens is 375 g/mol. The molecule has 0 unspecified atom stereocenters. The topological polar surface area (TPSA) is 46.5 Å². The summed E-state index contributed by atoms with van der Waals surface area (Å²) >= 11 is 16.6. The standard InChI is InChI=1S/C12H7BrCl2O3S/c13-6-1-8(19-5-6)4-18-11-9(12(16)17)2-7(14)3-10(11)15/h1-3,5H,4H2,(H,16,17). The Kier molecular flexibility index (Phi) is 4.73. The Morgan fingerprint density at radius 2 is 2.11 bits per heavy atom. The second kappa shape index (κ2) is 6.13. The maximum atomic E-state index is 11.1. The van der Waals surface area contributed by atoms with Crippen molar-refractivity contribution in [3.63, 3.8) is 0 Å². The Hall–Kier alpha value is -0.750. The quantitative estimate of drug-likeness (QED) is 0.801. The van der Waals surface area contributed by atoms with Crippen LogP contribution in [0.25, 0.3) is 0 Å². The highest BCUT2D eigenvalue weighted by Crippen LogP contribution is 2.33. The highest BCUT2D eigenvalue weighted by atomic mass is 79.9. The predicted octanol–water partition coefficient (Wildman–Crippen LogP) is 5.09. The fraction of sp³-hybridized carbons (Fsp3) is 0.0833. The normalized spacial score (nSPS) is 10.5. The van der Waals surface area contributed by atoms with E-state index in [1.54, 1.807) is 0 Å². The summed E-state index contributed by atoms with van der Waals surface area (Å²) in [5, 5.41) is 11.5. The first-order valence-corrected chi connectivity index (χ1v) is 7.48. The minimum Gasteiger partial charge on any atom is -0.486 e. The van der Waals surface area contributed by atoms with Gasteiger partial charge >= 0.3 is 5.97 Å². The van der Waals surface area contributed by atoms with Crippen LogP contribution in [0.2, 0.25) is 10.0 Å². The molecule has 7 heteroatoms. The van der Waals surface area contributed by atoms with E-state index >= 15 is 0 Å². The molecule has 3 nitrogen and oxygen atoms in total. The van der Waals surface area contributed by atoms with Gasteiger partial charge in [-0.15, -0.1) is 11.3 Å². The van der Waals surface area contributed by atoms with E-state index in [1.807, 2.05) is 11.4 Å². The van der Waals surface area contributed by atoms with Gasteiger partial charge in [0.25, 0.3) is 0 Å². The molecule has 0 amide bonds. The number of benzene rings is 1. The third-order valence-corrected chi connectivity index (χ3v) is 4.39. The van der Waals surface area contributed by atoms with Crippen LogP contribution in [-0.2, 0) is 6.61 Å². The van der Waals surface area contributed by atoms with Gasteiger partial charge in [0.15, 0.2) is 5.75 Å². The maximum absolute atomic E-state index is 11.1. The largest absolute Gasteiger partial charge is 0.486 e. The Bertz CT molecular complexity index is 627. The lowest BCUT2D eigenvalue weighted by Gasteiger charge is -2.10. The summed E-state index contributed by atoms with van der Waals surface area (Å²) in [5.74, 6) is -1.00. The van der Waals surface area contributed by atoms with E-state index in [0.29, 0.717) is 0 Å². The molecule has 19 heavy (non-hydrogen) atoms. The number of carboxylic acids is 1. The number of halogens is 3. The fourth-order valence-corrected chi connectivity index (χ4v) is 3.35. The van der Waals surface area contributed by atoms with Crippen LogP contribution in [-0.4, -0.2) is 11.1 Å². The Balaban J connectivity index is 2.26. The number of thiophene rings is 1. The highest BCUT2D eigenvalue weighted by molar-refractivity contribution is 9.10. The molecule has 0 aliphatic rings. The number of carboxylic acid groups (broad SMARTS) is 1. The summed E-state index contributed by atoms with van der Waals surface area (Å²) in [6, 6.07) is 4.67. The number of aromatic carboxylic acids is 1. The molecule has 0 fully saturated rings. The molecule has 0 aliphatic heterocycles. The van der Waals surface area contributed by atoms with E-state index in [9.17, 15) is 4.79 Å². The van der Waals surface area contributed by atoms with Gasteiger partial charge in [0.05, 0.1) is 5.02 Å². The van der Waals surface area contributed by atoms with Crippen molar-refractivity contribution in [3.8, 4) is 5.75 Å². The van der Waals surface area contributed by atoms with Crippen molar-refractivity contribution in [1.82, 2.24) is 0 Å². The zero-order valence-electron chi connectivity index (χ0n) is 9.32. The molecular formula is C12H7BrCl2O3S. The van der Waals surface area contributed by atoms with Crippen LogP contribution in [0.3, 0.4) is 0 Å². The van der Waals surface area contributed by atoms with Crippen molar-refractivity contribution in [3.05, 3.63) is 48.5 Å². The van der Waals surface area contributed by atoms with Crippen LogP contribution in [0.5, 0.6) is 5.75 Å². The molecule has 0 saturated heterocycles. The molecule has 2 aromatic rings. The average Bonchev–Trinajstić information content (AvgIpc) is 2.73. The minimum absolute atomic E-state index is 0.0480. The predicted molar refractivity (Wildman–Crippen MR) is 79.8 cm³/mol. The third kappa shape index (κ3) is 3.63. The Labute approximate surface area is 131 Å². The zero-order chi connectivity index (χ0) is 14.0. The molecule has 100 valence electrons. The van der Waals surface area contributed by atoms with E-state index in [0.717, 1.165) is 9.35 Å². The van der Waals surface area contributed by atoms with E-state index < -0.39 is 5.97 Å². The van der Waals surface area contributed by atoms with Crippen LogP contribution in [0.4, 0.5) is 0 Å². The number of rotatable bonds is 4. The van der Waals surface area contributed by atoms with Gasteiger partial charge in [-0.25, -0.2) is 4.79 Å². The minimum atomic E-state index is -1.13. The van der Waals surface area contributed by atoms with E-state index in [1.165, 1.54) is 23.5 Å². The van der Waals surface area contributed by atoms with E-state index in [2.05, 4.69) is 15.9 Å². The van der Waals surface area contributed by atoms with Crippen molar-refractivity contribution in [2.75, 3.05) is 0 Å². The van der Waals surface area contributed by atoms with Gasteiger partial charge in [-0.1, -0.05) is 23.2 Å². The SMILES string of the molecule is O=C(O)c1cc(Cl)cc(Cl)c1OCc1cc(Br)cs1. The molecule has 1 aromatic carbocycles. The molecule has 2 rings (SSSR count). The van der Waals surface area contributed by atoms with Gasteiger partial charge in [0.2, 0.25) is 0 Å². The summed E-state index contributed by atoms with van der Waals surface area (Å²) in [6.07, 6.45) is 0. The van der Waals surface area contributed by atoms with Crippen molar-refractivity contribution in [1.29, 1.82) is 0 Å². The second-order valence-electron chi connectivity index (χ2n) is 3.59. The lowest BCUT2D eigenvalue weighted by atomic mass is 10.2. The molecule has 1 aromatic heterocycles. The van der Waals surface area contributed by atoms with Crippen molar-refractivity contribution in [2.24, 2.45) is 0 Å². The van der Waals surface area contributed by atoms with Crippen molar-refractivity contribution in [2.45, 2.75) is 6.61 Å². The van der Waals surface area contributed by atoms with Crippen molar-refractivity contribution < 1.29 is 14.6 Å². The molecule has 0 radical (unpaired) electrons. The van der Waals surface area contributed by atoms with Gasteiger partial charge in [-0.3, -0.25) is 0 Å². The summed E-state index contributed by atoms with van der Waals surface area (Å²) in [7, 11) is 0. The monoisotopic (exact) mass is 380 g/mol. The lowest BCUT2D eigenvalue weighted by Crippen LogP contribution is -2.03. The average molecular weight is 382 g/mol. The van der Waals surface area contributed by atoms with Gasteiger partial charge in [0, 0.05) is 19.8 Å². The first-order valence-electron chi connectivity index (χ1n) is 5.05. The van der Waals surface area contributed by atoms with E-state index in [-0.39, 0.29) is 28.0 Å². The van der Waals surface area contributed by atoms with Gasteiger partial charge in [-0.2, -0.15) is 0 Å². The lowest BCUT2D eigenvalue weighted by molar-refractivity contribution is 0.0692. The first-order chi connectivity index (χ1) is 8.97. The molecule has 1 N–H and O–H groups in total. The smallest absolute Gasteiger partial charge is 0.339 e. The van der Waals surface area contributed by atoms with Crippen LogP contribution < -0.4 is 4.74 Å². The van der Waals surface area contributed by atoms with Gasteiger partial charge in [0.1, 0.15) is 12.2 Å². The van der Waals surface area contributed by atoms with Crippen molar-refractivity contribution >= 4 is 56.4 Å². The molecule has 1 heterocycles. The summed E-state index contributed by atoms with van der Waals surface area (Å²) in [6.45, 7) is 0.248.